The Morgan fingerprint density at radius 3 is 2.36 bits per heavy atom. The number of hydrogen-bond acceptors (Lipinski definition) is 5. The molecule has 2 aromatic rings. The van der Waals surface area contributed by atoms with E-state index in [0.29, 0.717) is 36.4 Å². The van der Waals surface area contributed by atoms with Crippen LogP contribution in [0.5, 0.6) is 17.4 Å². The smallest absolute Gasteiger partial charge is 0.213 e. The van der Waals surface area contributed by atoms with Gasteiger partial charge >= 0.3 is 0 Å². The van der Waals surface area contributed by atoms with E-state index in [2.05, 4.69) is 20.6 Å². The van der Waals surface area contributed by atoms with Gasteiger partial charge in [-0.3, -0.25) is 4.99 Å². The number of aromatic nitrogens is 1. The van der Waals surface area contributed by atoms with Crippen LogP contribution in [-0.2, 0) is 13.1 Å². The molecule has 1 heterocycles. The van der Waals surface area contributed by atoms with Crippen molar-refractivity contribution in [2.75, 3.05) is 27.9 Å². The van der Waals surface area contributed by atoms with Crippen LogP contribution in [0.15, 0.2) is 41.5 Å². The number of guanidine groups is 1. The van der Waals surface area contributed by atoms with Gasteiger partial charge < -0.3 is 24.8 Å². The molecule has 28 heavy (non-hydrogen) atoms. The topological polar surface area (TPSA) is 77.0 Å². The van der Waals surface area contributed by atoms with Crippen LogP contribution in [0.3, 0.4) is 0 Å². The molecule has 2 N–H and O–H groups in total. The molecule has 1 aliphatic carbocycles. The summed E-state index contributed by atoms with van der Waals surface area (Å²) in [4.78, 5) is 8.62. The third kappa shape index (κ3) is 5.77. The lowest BCUT2D eigenvalue weighted by Gasteiger charge is -2.13. The second-order valence-electron chi connectivity index (χ2n) is 6.73. The molecule has 1 aromatic carbocycles. The van der Waals surface area contributed by atoms with Crippen LogP contribution >= 0.6 is 0 Å². The number of aliphatic imine (C=N–C) groups is 1. The number of ether oxygens (including phenoxy) is 3. The first kappa shape index (κ1) is 19.8. The molecule has 0 spiro atoms. The van der Waals surface area contributed by atoms with Gasteiger partial charge in [0.25, 0.3) is 0 Å². The molecule has 0 saturated heterocycles. The van der Waals surface area contributed by atoms with Crippen LogP contribution in [0.2, 0.25) is 0 Å². The first-order valence-electron chi connectivity index (χ1n) is 9.45. The fraction of sp³-hybridized carbons (Fsp3) is 0.429. The summed E-state index contributed by atoms with van der Waals surface area (Å²) in [5, 5.41) is 6.58. The summed E-state index contributed by atoms with van der Waals surface area (Å²) in [5.41, 5.74) is 2.13. The molecule has 1 fully saturated rings. The number of nitrogens with zero attached hydrogens (tertiary/aromatic N) is 2. The van der Waals surface area contributed by atoms with Gasteiger partial charge in [-0.15, -0.1) is 0 Å². The Labute approximate surface area is 166 Å². The van der Waals surface area contributed by atoms with Crippen LogP contribution in [0, 0.1) is 5.92 Å². The highest BCUT2D eigenvalue weighted by molar-refractivity contribution is 5.79. The molecule has 7 heteroatoms. The van der Waals surface area contributed by atoms with Crippen molar-refractivity contribution in [2.24, 2.45) is 10.9 Å². The zero-order valence-electron chi connectivity index (χ0n) is 16.7. The van der Waals surface area contributed by atoms with E-state index in [1.807, 2.05) is 36.5 Å². The first-order valence-corrected chi connectivity index (χ1v) is 9.45. The fourth-order valence-electron chi connectivity index (χ4n) is 2.67. The molecule has 7 nitrogen and oxygen atoms in total. The highest BCUT2D eigenvalue weighted by Crippen LogP contribution is 2.29. The van der Waals surface area contributed by atoms with E-state index in [9.17, 15) is 0 Å². The Morgan fingerprint density at radius 2 is 1.75 bits per heavy atom. The maximum atomic E-state index is 5.67. The summed E-state index contributed by atoms with van der Waals surface area (Å²) in [6.07, 6.45) is 4.38. The third-order valence-corrected chi connectivity index (χ3v) is 4.55. The van der Waals surface area contributed by atoms with Gasteiger partial charge in [0.05, 0.1) is 20.8 Å². The lowest BCUT2D eigenvalue weighted by atomic mass is 10.2. The minimum absolute atomic E-state index is 0.617. The van der Waals surface area contributed by atoms with Gasteiger partial charge in [0.15, 0.2) is 17.5 Å². The van der Waals surface area contributed by atoms with Crippen molar-refractivity contribution in [1.82, 2.24) is 15.6 Å². The van der Waals surface area contributed by atoms with E-state index in [0.717, 1.165) is 23.7 Å². The Morgan fingerprint density at radius 1 is 1.04 bits per heavy atom. The van der Waals surface area contributed by atoms with Crippen LogP contribution < -0.4 is 24.8 Å². The standard InChI is InChI=1S/C21H28N4O3/c1-22-21(24-11-16-6-8-18(26-2)19(10-16)27-3)25-13-17-7-9-20(23-12-17)28-14-15-4-5-15/h6-10,12,15H,4-5,11,13-14H2,1-3H3,(H2,22,24,25). The predicted molar refractivity (Wildman–Crippen MR) is 109 cm³/mol. The second kappa shape index (κ2) is 9.82. The van der Waals surface area contributed by atoms with Crippen molar-refractivity contribution >= 4 is 5.96 Å². The van der Waals surface area contributed by atoms with Crippen LogP contribution in [0.4, 0.5) is 0 Å². The highest BCUT2D eigenvalue weighted by atomic mass is 16.5. The quantitative estimate of drug-likeness (QED) is 0.511. The molecule has 1 aromatic heterocycles. The summed E-state index contributed by atoms with van der Waals surface area (Å²) in [7, 11) is 5.00. The number of methoxy groups -OCH3 is 2. The summed E-state index contributed by atoms with van der Waals surface area (Å²) in [5.74, 6) is 3.55. The Kier molecular flexibility index (Phi) is 6.94. The lowest BCUT2D eigenvalue weighted by Crippen LogP contribution is -2.36. The normalized spacial score (nSPS) is 13.8. The first-order chi connectivity index (χ1) is 13.7. The molecule has 150 valence electrons. The van der Waals surface area contributed by atoms with Crippen molar-refractivity contribution in [3.8, 4) is 17.4 Å². The predicted octanol–water partition coefficient (Wildman–Crippen LogP) is 2.75. The Balaban J connectivity index is 1.46. The lowest BCUT2D eigenvalue weighted by molar-refractivity contribution is 0.288. The van der Waals surface area contributed by atoms with Crippen LogP contribution in [0.25, 0.3) is 0 Å². The average molecular weight is 384 g/mol. The van der Waals surface area contributed by atoms with Gasteiger partial charge in [0, 0.05) is 32.4 Å². The molecule has 3 rings (SSSR count). The van der Waals surface area contributed by atoms with E-state index in [-0.39, 0.29) is 0 Å². The highest BCUT2D eigenvalue weighted by Gasteiger charge is 2.22. The van der Waals surface area contributed by atoms with Gasteiger partial charge in [-0.05, 0) is 42.0 Å². The van der Waals surface area contributed by atoms with E-state index in [1.54, 1.807) is 21.3 Å². The molecule has 1 aliphatic rings. The average Bonchev–Trinajstić information content (AvgIpc) is 3.57. The molecule has 0 radical (unpaired) electrons. The number of hydrogen-bond donors (Lipinski definition) is 2. The summed E-state index contributed by atoms with van der Waals surface area (Å²) < 4.78 is 16.3. The Bertz CT molecular complexity index is 789. The van der Waals surface area contributed by atoms with Crippen molar-refractivity contribution in [1.29, 1.82) is 0 Å². The van der Waals surface area contributed by atoms with E-state index >= 15 is 0 Å². The number of pyridine rings is 1. The molecule has 0 atom stereocenters. The maximum Gasteiger partial charge on any atom is 0.213 e. The molecule has 1 saturated carbocycles. The molecule has 0 amide bonds. The van der Waals surface area contributed by atoms with Gasteiger partial charge in [0.2, 0.25) is 5.88 Å². The van der Waals surface area contributed by atoms with Crippen LogP contribution in [0.1, 0.15) is 24.0 Å². The van der Waals surface area contributed by atoms with E-state index < -0.39 is 0 Å². The summed E-state index contributed by atoms with van der Waals surface area (Å²) in [6.45, 7) is 2.02. The number of rotatable bonds is 9. The number of nitrogens with one attached hydrogen (secondary N) is 2. The fourth-order valence-corrected chi connectivity index (χ4v) is 2.67. The Hall–Kier alpha value is -2.96. The summed E-state index contributed by atoms with van der Waals surface area (Å²) >= 11 is 0. The number of benzene rings is 1. The third-order valence-electron chi connectivity index (χ3n) is 4.55. The molecule has 0 aliphatic heterocycles. The van der Waals surface area contributed by atoms with Crippen molar-refractivity contribution in [3.63, 3.8) is 0 Å². The van der Waals surface area contributed by atoms with Crippen molar-refractivity contribution < 1.29 is 14.2 Å². The molecule has 0 bridgehead atoms. The zero-order chi connectivity index (χ0) is 19.8. The van der Waals surface area contributed by atoms with Gasteiger partial charge in [-0.2, -0.15) is 0 Å². The van der Waals surface area contributed by atoms with E-state index in [1.165, 1.54) is 12.8 Å². The minimum atomic E-state index is 0.617. The molecule has 0 unspecified atom stereocenters. The minimum Gasteiger partial charge on any atom is -0.493 e. The molecular weight excluding hydrogens is 356 g/mol. The van der Waals surface area contributed by atoms with Crippen molar-refractivity contribution in [3.05, 3.63) is 47.7 Å². The second-order valence-corrected chi connectivity index (χ2v) is 6.73. The molecular formula is C21H28N4O3. The monoisotopic (exact) mass is 384 g/mol. The largest absolute Gasteiger partial charge is 0.493 e. The summed E-state index contributed by atoms with van der Waals surface area (Å²) in [6, 6.07) is 9.77. The van der Waals surface area contributed by atoms with Gasteiger partial charge in [-0.25, -0.2) is 4.98 Å². The van der Waals surface area contributed by atoms with E-state index in [4.69, 9.17) is 14.2 Å². The SMILES string of the molecule is CN=C(NCc1ccc(OCC2CC2)nc1)NCc1ccc(OC)c(OC)c1. The van der Waals surface area contributed by atoms with Gasteiger partial charge in [-0.1, -0.05) is 12.1 Å². The van der Waals surface area contributed by atoms with Crippen molar-refractivity contribution in [2.45, 2.75) is 25.9 Å². The van der Waals surface area contributed by atoms with Crippen LogP contribution in [-0.4, -0.2) is 38.8 Å². The maximum absolute atomic E-state index is 5.67. The van der Waals surface area contributed by atoms with Gasteiger partial charge in [0.1, 0.15) is 0 Å². The zero-order valence-corrected chi connectivity index (χ0v) is 16.7.